The molecule has 122 valence electrons. The Hall–Kier alpha value is -2.63. The van der Waals surface area contributed by atoms with E-state index in [0.29, 0.717) is 5.92 Å². The van der Waals surface area contributed by atoms with Crippen LogP contribution in [0.2, 0.25) is 5.02 Å². The van der Waals surface area contributed by atoms with Crippen LogP contribution in [0.4, 0.5) is 0 Å². The average molecular weight is 345 g/mol. The average Bonchev–Trinajstić information content (AvgIpc) is 2.67. The Morgan fingerprint density at radius 1 is 1.28 bits per heavy atom. The van der Waals surface area contributed by atoms with Crippen LogP contribution in [0.1, 0.15) is 40.4 Å². The predicted molar refractivity (Wildman–Crippen MR) is 104 cm³/mol. The Morgan fingerprint density at radius 2 is 2.16 bits per heavy atom. The highest BCUT2D eigenvalue weighted by Gasteiger charge is 2.25. The monoisotopic (exact) mass is 344 g/mol. The topological polar surface area (TPSA) is 25.8 Å². The zero-order valence-electron chi connectivity index (χ0n) is 13.8. The molecule has 0 amide bonds. The number of benzene rings is 1. The van der Waals surface area contributed by atoms with E-state index in [1.807, 2.05) is 36.4 Å². The third kappa shape index (κ3) is 2.81. The summed E-state index contributed by atoms with van der Waals surface area (Å²) in [6.07, 6.45) is 11.8. The van der Waals surface area contributed by atoms with Gasteiger partial charge >= 0.3 is 0 Å². The molecule has 2 aromatic heterocycles. The second-order valence-corrected chi connectivity index (χ2v) is 6.77. The molecule has 1 unspecified atom stereocenters. The van der Waals surface area contributed by atoms with Crippen molar-refractivity contribution in [2.24, 2.45) is 0 Å². The number of aromatic nitrogens is 2. The lowest BCUT2D eigenvalue weighted by atomic mass is 9.84. The van der Waals surface area contributed by atoms with Crippen LogP contribution in [0.25, 0.3) is 17.0 Å². The fourth-order valence-corrected chi connectivity index (χ4v) is 3.88. The van der Waals surface area contributed by atoms with Gasteiger partial charge in [-0.25, -0.2) is 0 Å². The molecule has 0 N–H and O–H groups in total. The summed E-state index contributed by atoms with van der Waals surface area (Å²) >= 11 is 6.68. The van der Waals surface area contributed by atoms with Gasteiger partial charge in [0.25, 0.3) is 0 Å². The van der Waals surface area contributed by atoms with Crippen molar-refractivity contribution < 1.29 is 0 Å². The van der Waals surface area contributed by atoms with Gasteiger partial charge in [-0.05, 0) is 48.6 Å². The number of nitrogens with zero attached hydrogens (tertiary/aromatic N) is 2. The van der Waals surface area contributed by atoms with E-state index in [4.69, 9.17) is 23.0 Å². The van der Waals surface area contributed by atoms with Crippen LogP contribution in [-0.4, -0.2) is 9.97 Å². The van der Waals surface area contributed by atoms with Gasteiger partial charge in [0, 0.05) is 34.5 Å². The van der Waals surface area contributed by atoms with Crippen LogP contribution < -0.4 is 0 Å². The summed E-state index contributed by atoms with van der Waals surface area (Å²) in [5, 5.41) is 1.85. The summed E-state index contributed by atoms with van der Waals surface area (Å²) in [5.41, 5.74) is 6.12. The molecule has 0 spiro atoms. The van der Waals surface area contributed by atoms with Gasteiger partial charge in [-0.3, -0.25) is 9.97 Å². The van der Waals surface area contributed by atoms with Gasteiger partial charge in [-0.1, -0.05) is 42.3 Å². The standard InChI is InChI=1S/C22H17ClN2/c1-3-14-5-8-17-20(11-14)25-21-12-16(7-9-18(21)22(17)23)19-10-6-15(4-2)13-24-19/h2-3,5-6,8,10-11,13,16H,1,7,9,12H2. The zero-order chi connectivity index (χ0) is 17.4. The van der Waals surface area contributed by atoms with Gasteiger partial charge in [0.05, 0.1) is 10.5 Å². The van der Waals surface area contributed by atoms with Crippen molar-refractivity contribution in [3.05, 3.63) is 76.2 Å². The molecular weight excluding hydrogens is 328 g/mol. The zero-order valence-corrected chi connectivity index (χ0v) is 14.6. The Morgan fingerprint density at radius 3 is 2.88 bits per heavy atom. The smallest absolute Gasteiger partial charge is 0.0726 e. The fraction of sp³-hybridized carbons (Fsp3) is 0.182. The van der Waals surface area contributed by atoms with Crippen LogP contribution in [0.5, 0.6) is 0 Å². The van der Waals surface area contributed by atoms with Crippen LogP contribution in [0, 0.1) is 12.3 Å². The fourth-order valence-electron chi connectivity index (χ4n) is 3.52. The summed E-state index contributed by atoms with van der Waals surface area (Å²) in [6, 6.07) is 10.1. The second-order valence-electron chi connectivity index (χ2n) is 6.39. The molecule has 1 atom stereocenters. The highest BCUT2D eigenvalue weighted by molar-refractivity contribution is 6.36. The molecule has 0 radical (unpaired) electrons. The van der Waals surface area contributed by atoms with Crippen LogP contribution >= 0.6 is 11.6 Å². The number of terminal acetylenes is 1. The van der Waals surface area contributed by atoms with Gasteiger partial charge in [0.15, 0.2) is 0 Å². The summed E-state index contributed by atoms with van der Waals surface area (Å²) < 4.78 is 0. The molecule has 1 aliphatic carbocycles. The van der Waals surface area contributed by atoms with Crippen molar-refractivity contribution in [3.8, 4) is 12.3 Å². The van der Waals surface area contributed by atoms with Crippen molar-refractivity contribution in [1.82, 2.24) is 9.97 Å². The molecular formula is C22H17ClN2. The van der Waals surface area contributed by atoms with Gasteiger partial charge in [-0.2, -0.15) is 0 Å². The molecule has 0 saturated carbocycles. The molecule has 0 bridgehead atoms. The molecule has 0 fully saturated rings. The lowest BCUT2D eigenvalue weighted by molar-refractivity contribution is 0.562. The number of rotatable bonds is 2. The van der Waals surface area contributed by atoms with E-state index >= 15 is 0 Å². The molecule has 4 rings (SSSR count). The van der Waals surface area contributed by atoms with E-state index in [9.17, 15) is 0 Å². The van der Waals surface area contributed by atoms with E-state index < -0.39 is 0 Å². The van der Waals surface area contributed by atoms with Gasteiger partial charge < -0.3 is 0 Å². The van der Waals surface area contributed by atoms with E-state index in [-0.39, 0.29) is 0 Å². The minimum atomic E-state index is 0.350. The number of fused-ring (bicyclic) bond motifs is 2. The minimum absolute atomic E-state index is 0.350. The Kier molecular flexibility index (Phi) is 4.03. The lowest BCUT2D eigenvalue weighted by Gasteiger charge is -2.25. The molecule has 3 aromatic rings. The van der Waals surface area contributed by atoms with Crippen molar-refractivity contribution in [2.45, 2.75) is 25.2 Å². The van der Waals surface area contributed by atoms with E-state index in [2.05, 4.69) is 17.5 Å². The van der Waals surface area contributed by atoms with Crippen LogP contribution in [0.15, 0.2) is 43.1 Å². The summed E-state index contributed by atoms with van der Waals surface area (Å²) in [6.45, 7) is 3.83. The van der Waals surface area contributed by atoms with Crippen molar-refractivity contribution in [2.75, 3.05) is 0 Å². The number of hydrogen-bond acceptors (Lipinski definition) is 2. The molecule has 0 saturated heterocycles. The second kappa shape index (κ2) is 6.35. The lowest BCUT2D eigenvalue weighted by Crippen LogP contribution is -2.16. The normalized spacial score (nSPS) is 16.2. The molecule has 2 heterocycles. The maximum absolute atomic E-state index is 6.68. The largest absolute Gasteiger partial charge is 0.260 e. The first-order valence-electron chi connectivity index (χ1n) is 8.35. The summed E-state index contributed by atoms with van der Waals surface area (Å²) in [5.74, 6) is 2.96. The number of halogens is 1. The third-order valence-electron chi connectivity index (χ3n) is 4.92. The molecule has 3 heteroatoms. The minimum Gasteiger partial charge on any atom is -0.260 e. The predicted octanol–water partition coefficient (Wildman–Crippen LogP) is 5.18. The van der Waals surface area contributed by atoms with Gasteiger partial charge in [0.1, 0.15) is 0 Å². The molecule has 1 aliphatic rings. The number of pyridine rings is 2. The maximum atomic E-state index is 6.68. The first-order chi connectivity index (χ1) is 12.2. The summed E-state index contributed by atoms with van der Waals surface area (Å²) in [4.78, 5) is 9.44. The highest BCUT2D eigenvalue weighted by atomic mass is 35.5. The summed E-state index contributed by atoms with van der Waals surface area (Å²) in [7, 11) is 0. The first-order valence-corrected chi connectivity index (χ1v) is 8.73. The highest BCUT2D eigenvalue weighted by Crippen LogP contribution is 2.37. The van der Waals surface area contributed by atoms with Gasteiger partial charge in [0.2, 0.25) is 0 Å². The quantitative estimate of drug-likeness (QED) is 0.598. The maximum Gasteiger partial charge on any atom is 0.0726 e. The SMILES string of the molecule is C#Cc1ccc(C2CCc3c(nc4cc(C=C)ccc4c3Cl)C2)nc1. The van der Waals surface area contributed by atoms with E-state index in [0.717, 1.165) is 57.7 Å². The molecule has 0 aliphatic heterocycles. The van der Waals surface area contributed by atoms with Crippen molar-refractivity contribution in [3.63, 3.8) is 0 Å². The number of hydrogen-bond donors (Lipinski definition) is 0. The third-order valence-corrected chi connectivity index (χ3v) is 5.35. The van der Waals surface area contributed by atoms with E-state index in [1.165, 1.54) is 5.56 Å². The molecule has 2 nitrogen and oxygen atoms in total. The van der Waals surface area contributed by atoms with E-state index in [1.54, 1.807) is 6.20 Å². The molecule has 25 heavy (non-hydrogen) atoms. The van der Waals surface area contributed by atoms with Crippen molar-refractivity contribution in [1.29, 1.82) is 0 Å². The van der Waals surface area contributed by atoms with Gasteiger partial charge in [-0.15, -0.1) is 6.42 Å². The Bertz CT molecular complexity index is 1010. The van der Waals surface area contributed by atoms with Crippen LogP contribution in [0.3, 0.4) is 0 Å². The molecule has 1 aromatic carbocycles. The Balaban J connectivity index is 1.74. The van der Waals surface area contributed by atoms with Crippen molar-refractivity contribution >= 4 is 28.6 Å². The van der Waals surface area contributed by atoms with Crippen LogP contribution in [-0.2, 0) is 12.8 Å². The Labute approximate surface area is 152 Å². The first kappa shape index (κ1) is 15.9.